The van der Waals surface area contributed by atoms with Crippen molar-refractivity contribution in [2.75, 3.05) is 0 Å². The number of Topliss-reactive ketones (excluding diaryl/α,β-unsaturated/α-hetero) is 1. The van der Waals surface area contributed by atoms with Gasteiger partial charge in [-0.15, -0.1) is 0 Å². The predicted molar refractivity (Wildman–Crippen MR) is 76.0 cm³/mol. The van der Waals surface area contributed by atoms with Crippen LogP contribution in [0.3, 0.4) is 0 Å². The van der Waals surface area contributed by atoms with Crippen LogP contribution in [0, 0.1) is 5.92 Å². The zero-order chi connectivity index (χ0) is 12.8. The molecule has 0 heterocycles. The van der Waals surface area contributed by atoms with Gasteiger partial charge in [-0.25, -0.2) is 0 Å². The van der Waals surface area contributed by atoms with Crippen LogP contribution in [0.1, 0.15) is 50.5 Å². The molecule has 0 spiro atoms. The molecule has 1 aliphatic carbocycles. The number of carbonyl (C=O) groups is 1. The van der Waals surface area contributed by atoms with Gasteiger partial charge in [-0.2, -0.15) is 0 Å². The predicted octanol–water partition coefficient (Wildman–Crippen LogP) is 4.81. The zero-order valence-electron chi connectivity index (χ0n) is 10.8. The Balaban J connectivity index is 1.82. The van der Waals surface area contributed by atoms with Crippen LogP contribution < -0.4 is 0 Å². The first-order valence-electron chi connectivity index (χ1n) is 7.00. The quantitative estimate of drug-likeness (QED) is 0.713. The van der Waals surface area contributed by atoms with E-state index < -0.39 is 0 Å². The minimum Gasteiger partial charge on any atom is -0.299 e. The molecule has 0 bridgehead atoms. The van der Waals surface area contributed by atoms with E-state index in [1.807, 2.05) is 24.3 Å². The molecule has 0 unspecified atom stereocenters. The summed E-state index contributed by atoms with van der Waals surface area (Å²) in [5.41, 5.74) is 1.08. The summed E-state index contributed by atoms with van der Waals surface area (Å²) in [5.74, 6) is 1.01. The van der Waals surface area contributed by atoms with Gasteiger partial charge >= 0.3 is 0 Å². The van der Waals surface area contributed by atoms with Crippen molar-refractivity contribution in [3.63, 3.8) is 0 Å². The third kappa shape index (κ3) is 4.45. The molecule has 1 aromatic rings. The second-order valence-electron chi connectivity index (χ2n) is 5.40. The summed E-state index contributed by atoms with van der Waals surface area (Å²) in [7, 11) is 0. The van der Waals surface area contributed by atoms with E-state index in [1.165, 1.54) is 38.5 Å². The fourth-order valence-corrected chi connectivity index (χ4v) is 2.92. The normalized spacial score (nSPS) is 17.4. The summed E-state index contributed by atoms with van der Waals surface area (Å²) in [6, 6.07) is 7.62. The maximum absolute atomic E-state index is 12.0. The number of hydrogen-bond acceptors (Lipinski definition) is 1. The lowest BCUT2D eigenvalue weighted by Gasteiger charge is -2.12. The van der Waals surface area contributed by atoms with Crippen LogP contribution >= 0.6 is 11.6 Å². The highest BCUT2D eigenvalue weighted by Gasteiger charge is 2.16. The highest BCUT2D eigenvalue weighted by Crippen LogP contribution is 2.26. The Hall–Kier alpha value is -0.820. The SMILES string of the molecule is O=C(Cc1ccc(Cl)cc1)CC1CCCCCC1. The maximum atomic E-state index is 12.0. The number of carbonyl (C=O) groups excluding carboxylic acids is 1. The maximum Gasteiger partial charge on any atom is 0.137 e. The van der Waals surface area contributed by atoms with Crippen molar-refractivity contribution in [2.45, 2.75) is 51.4 Å². The molecule has 18 heavy (non-hydrogen) atoms. The van der Waals surface area contributed by atoms with Gasteiger partial charge in [0.25, 0.3) is 0 Å². The van der Waals surface area contributed by atoms with E-state index in [0.29, 0.717) is 18.1 Å². The Labute approximate surface area is 115 Å². The fourth-order valence-electron chi connectivity index (χ4n) is 2.79. The first-order chi connectivity index (χ1) is 8.74. The van der Waals surface area contributed by atoms with Gasteiger partial charge in [0.1, 0.15) is 5.78 Å². The number of rotatable bonds is 4. The molecule has 1 aliphatic rings. The minimum atomic E-state index is 0.379. The smallest absolute Gasteiger partial charge is 0.137 e. The topological polar surface area (TPSA) is 17.1 Å². The summed E-state index contributed by atoms with van der Waals surface area (Å²) >= 11 is 5.84. The molecule has 1 aromatic carbocycles. The Kier molecular flexibility index (Phi) is 5.25. The lowest BCUT2D eigenvalue weighted by Crippen LogP contribution is -2.10. The average molecular weight is 265 g/mol. The van der Waals surface area contributed by atoms with Crippen LogP contribution in [0.4, 0.5) is 0 Å². The molecule has 2 heteroatoms. The third-order valence-corrected chi connectivity index (χ3v) is 4.06. The Bertz CT molecular complexity index is 375. The summed E-state index contributed by atoms with van der Waals surface area (Å²) in [6.07, 6.45) is 9.12. The summed E-state index contributed by atoms with van der Waals surface area (Å²) in [6.45, 7) is 0. The fraction of sp³-hybridized carbons (Fsp3) is 0.562. The number of hydrogen-bond donors (Lipinski definition) is 0. The number of benzene rings is 1. The van der Waals surface area contributed by atoms with Gasteiger partial charge in [0.05, 0.1) is 0 Å². The summed E-state index contributed by atoms with van der Waals surface area (Å²) < 4.78 is 0. The van der Waals surface area contributed by atoms with Gasteiger partial charge in [0.15, 0.2) is 0 Å². The van der Waals surface area contributed by atoms with Crippen LogP contribution in [-0.2, 0) is 11.2 Å². The lowest BCUT2D eigenvalue weighted by atomic mass is 9.92. The summed E-state index contributed by atoms with van der Waals surface area (Å²) in [4.78, 5) is 12.0. The van der Waals surface area contributed by atoms with E-state index in [9.17, 15) is 4.79 Å². The van der Waals surface area contributed by atoms with Gasteiger partial charge in [0, 0.05) is 17.9 Å². The van der Waals surface area contributed by atoms with E-state index >= 15 is 0 Å². The van der Waals surface area contributed by atoms with Crippen LogP contribution in [0.15, 0.2) is 24.3 Å². The van der Waals surface area contributed by atoms with Crippen molar-refractivity contribution in [3.8, 4) is 0 Å². The molecule has 0 amide bonds. The van der Waals surface area contributed by atoms with Crippen molar-refractivity contribution in [1.29, 1.82) is 0 Å². The van der Waals surface area contributed by atoms with Crippen molar-refractivity contribution in [3.05, 3.63) is 34.9 Å². The monoisotopic (exact) mass is 264 g/mol. The third-order valence-electron chi connectivity index (χ3n) is 3.81. The standard InChI is InChI=1S/C16H21ClO/c17-15-9-7-14(8-10-15)12-16(18)11-13-5-3-1-2-4-6-13/h7-10,13H,1-6,11-12H2. The van der Waals surface area contributed by atoms with E-state index in [-0.39, 0.29) is 0 Å². The van der Waals surface area contributed by atoms with Crippen LogP contribution in [-0.4, -0.2) is 5.78 Å². The highest BCUT2D eigenvalue weighted by atomic mass is 35.5. The Morgan fingerprint density at radius 3 is 2.28 bits per heavy atom. The molecule has 1 nitrogen and oxygen atoms in total. The average Bonchev–Trinajstić information content (AvgIpc) is 2.61. The van der Waals surface area contributed by atoms with E-state index in [4.69, 9.17) is 11.6 Å². The molecule has 0 aliphatic heterocycles. The Morgan fingerprint density at radius 2 is 1.67 bits per heavy atom. The zero-order valence-corrected chi connectivity index (χ0v) is 11.6. The van der Waals surface area contributed by atoms with Crippen LogP contribution in [0.2, 0.25) is 5.02 Å². The molecule has 2 rings (SSSR count). The van der Waals surface area contributed by atoms with Crippen LogP contribution in [0.25, 0.3) is 0 Å². The molecule has 0 N–H and O–H groups in total. The molecule has 1 fully saturated rings. The molecular formula is C16H21ClO. The summed E-state index contributed by atoms with van der Waals surface area (Å²) in [5, 5.41) is 0.731. The largest absolute Gasteiger partial charge is 0.299 e. The molecule has 0 atom stereocenters. The van der Waals surface area contributed by atoms with Gasteiger partial charge in [-0.3, -0.25) is 4.79 Å². The number of ketones is 1. The van der Waals surface area contributed by atoms with Gasteiger partial charge < -0.3 is 0 Å². The highest BCUT2D eigenvalue weighted by molar-refractivity contribution is 6.30. The van der Waals surface area contributed by atoms with Crippen molar-refractivity contribution < 1.29 is 4.79 Å². The molecule has 0 saturated heterocycles. The first-order valence-corrected chi connectivity index (χ1v) is 7.38. The lowest BCUT2D eigenvalue weighted by molar-refractivity contribution is -0.119. The molecule has 1 saturated carbocycles. The van der Waals surface area contributed by atoms with E-state index in [0.717, 1.165) is 17.0 Å². The van der Waals surface area contributed by atoms with Gasteiger partial charge in [-0.05, 0) is 23.6 Å². The van der Waals surface area contributed by atoms with E-state index in [2.05, 4.69) is 0 Å². The minimum absolute atomic E-state index is 0.379. The number of halogens is 1. The molecule has 0 radical (unpaired) electrons. The first kappa shape index (κ1) is 13.6. The van der Waals surface area contributed by atoms with Crippen molar-refractivity contribution in [1.82, 2.24) is 0 Å². The second-order valence-corrected chi connectivity index (χ2v) is 5.84. The van der Waals surface area contributed by atoms with Gasteiger partial charge in [0.2, 0.25) is 0 Å². The molecular weight excluding hydrogens is 244 g/mol. The molecule has 0 aromatic heterocycles. The van der Waals surface area contributed by atoms with E-state index in [1.54, 1.807) is 0 Å². The van der Waals surface area contributed by atoms with Gasteiger partial charge in [-0.1, -0.05) is 62.3 Å². The Morgan fingerprint density at radius 1 is 1.06 bits per heavy atom. The van der Waals surface area contributed by atoms with Crippen molar-refractivity contribution >= 4 is 17.4 Å². The van der Waals surface area contributed by atoms with Crippen molar-refractivity contribution in [2.24, 2.45) is 5.92 Å². The second kappa shape index (κ2) is 6.94. The van der Waals surface area contributed by atoms with Crippen LogP contribution in [0.5, 0.6) is 0 Å². The molecule has 98 valence electrons.